The molecule has 1 unspecified atom stereocenters. The van der Waals surface area contributed by atoms with Crippen molar-refractivity contribution in [2.45, 2.75) is 12.5 Å². The molecule has 2 aromatic rings. The van der Waals surface area contributed by atoms with Gasteiger partial charge < -0.3 is 10.1 Å². The van der Waals surface area contributed by atoms with Gasteiger partial charge in [-0.05, 0) is 36.4 Å². The van der Waals surface area contributed by atoms with E-state index in [0.29, 0.717) is 5.02 Å². The number of nitrogens with zero attached hydrogens (tertiary/aromatic N) is 1. The second-order valence-corrected chi connectivity index (χ2v) is 5.03. The van der Waals surface area contributed by atoms with Crippen molar-refractivity contribution in [3.63, 3.8) is 0 Å². The fourth-order valence-electron chi connectivity index (χ4n) is 2.43. The Morgan fingerprint density at radius 3 is 2.95 bits per heavy atom. The Labute approximate surface area is 117 Å². The van der Waals surface area contributed by atoms with Crippen LogP contribution in [-0.2, 0) is 6.42 Å². The van der Waals surface area contributed by atoms with Crippen LogP contribution in [0.2, 0.25) is 5.02 Å². The molecule has 4 heteroatoms. The molecule has 0 aliphatic carbocycles. The Bertz CT molecular complexity index is 583. The second-order valence-electron chi connectivity index (χ2n) is 4.59. The van der Waals surface area contributed by atoms with Crippen molar-refractivity contribution >= 4 is 11.6 Å². The molecule has 0 bridgehead atoms. The summed E-state index contributed by atoms with van der Waals surface area (Å²) in [6, 6.07) is 10.2. The van der Waals surface area contributed by atoms with Crippen molar-refractivity contribution < 1.29 is 4.74 Å². The fraction of sp³-hybridized carbons (Fsp3) is 0.267. The third-order valence-corrected chi connectivity index (χ3v) is 3.61. The molecule has 0 spiro atoms. The van der Waals surface area contributed by atoms with Crippen molar-refractivity contribution in [1.82, 2.24) is 10.3 Å². The van der Waals surface area contributed by atoms with E-state index in [1.165, 1.54) is 11.1 Å². The van der Waals surface area contributed by atoms with E-state index in [0.717, 1.165) is 24.5 Å². The largest absolute Gasteiger partial charge is 0.493 e. The average molecular weight is 275 g/mol. The van der Waals surface area contributed by atoms with Crippen molar-refractivity contribution in [3.05, 3.63) is 58.4 Å². The topological polar surface area (TPSA) is 34.1 Å². The van der Waals surface area contributed by atoms with Crippen molar-refractivity contribution in [2.75, 3.05) is 13.7 Å². The predicted octanol–water partition coefficient (Wildman–Crippen LogP) is 2.98. The van der Waals surface area contributed by atoms with E-state index in [9.17, 15) is 0 Å². The second kappa shape index (κ2) is 5.19. The highest BCUT2D eigenvalue weighted by Crippen LogP contribution is 2.30. The van der Waals surface area contributed by atoms with Crippen LogP contribution in [0.4, 0.5) is 0 Å². The van der Waals surface area contributed by atoms with E-state index in [2.05, 4.69) is 22.4 Å². The normalized spacial score (nSPS) is 14.8. The lowest BCUT2D eigenvalue weighted by atomic mass is 10.00. The van der Waals surface area contributed by atoms with E-state index in [1.54, 1.807) is 6.20 Å². The molecule has 19 heavy (non-hydrogen) atoms. The van der Waals surface area contributed by atoms with Gasteiger partial charge in [-0.2, -0.15) is 0 Å². The third kappa shape index (κ3) is 2.44. The van der Waals surface area contributed by atoms with E-state index in [-0.39, 0.29) is 6.04 Å². The number of ether oxygens (including phenoxy) is 1. The molecule has 0 saturated carbocycles. The monoisotopic (exact) mass is 274 g/mol. The van der Waals surface area contributed by atoms with Crippen LogP contribution in [0, 0.1) is 0 Å². The summed E-state index contributed by atoms with van der Waals surface area (Å²) in [7, 11) is 1.94. The first kappa shape index (κ1) is 12.5. The van der Waals surface area contributed by atoms with Gasteiger partial charge in [0.15, 0.2) is 0 Å². The SMILES string of the molecule is CNC(c1ccc2c(c1)CCO2)c1ccc(Cl)cn1. The van der Waals surface area contributed by atoms with Crippen LogP contribution in [0.5, 0.6) is 5.75 Å². The summed E-state index contributed by atoms with van der Waals surface area (Å²) in [6.07, 6.45) is 2.66. The molecule has 0 radical (unpaired) electrons. The molecule has 1 aromatic carbocycles. The number of halogens is 1. The van der Waals surface area contributed by atoms with Gasteiger partial charge in [0.2, 0.25) is 0 Å². The molecular formula is C15H15ClN2O. The number of benzene rings is 1. The van der Waals surface area contributed by atoms with Gasteiger partial charge in [0.05, 0.1) is 23.4 Å². The summed E-state index contributed by atoms with van der Waals surface area (Å²) in [6.45, 7) is 0.780. The van der Waals surface area contributed by atoms with Crippen LogP contribution in [0.3, 0.4) is 0 Å². The van der Waals surface area contributed by atoms with Crippen molar-refractivity contribution in [3.8, 4) is 5.75 Å². The maximum Gasteiger partial charge on any atom is 0.122 e. The number of pyridine rings is 1. The van der Waals surface area contributed by atoms with Gasteiger partial charge in [-0.3, -0.25) is 4.98 Å². The fourth-order valence-corrected chi connectivity index (χ4v) is 2.54. The van der Waals surface area contributed by atoms with Gasteiger partial charge >= 0.3 is 0 Å². The maximum atomic E-state index is 5.88. The average Bonchev–Trinajstić information content (AvgIpc) is 2.89. The zero-order chi connectivity index (χ0) is 13.2. The zero-order valence-corrected chi connectivity index (χ0v) is 11.4. The molecule has 0 saturated heterocycles. The quantitative estimate of drug-likeness (QED) is 0.934. The minimum absolute atomic E-state index is 0.0724. The first-order valence-corrected chi connectivity index (χ1v) is 6.70. The van der Waals surface area contributed by atoms with E-state index >= 15 is 0 Å². The van der Waals surface area contributed by atoms with Crippen LogP contribution in [-0.4, -0.2) is 18.6 Å². The number of hydrogen-bond acceptors (Lipinski definition) is 3. The minimum Gasteiger partial charge on any atom is -0.493 e. The lowest BCUT2D eigenvalue weighted by Gasteiger charge is -2.17. The number of nitrogens with one attached hydrogen (secondary N) is 1. The van der Waals surface area contributed by atoms with Crippen LogP contribution >= 0.6 is 11.6 Å². The van der Waals surface area contributed by atoms with Crippen LogP contribution in [0.15, 0.2) is 36.5 Å². The molecule has 0 fully saturated rings. The smallest absolute Gasteiger partial charge is 0.122 e. The highest BCUT2D eigenvalue weighted by atomic mass is 35.5. The molecule has 3 nitrogen and oxygen atoms in total. The summed E-state index contributed by atoms with van der Waals surface area (Å²) in [5, 5.41) is 3.95. The highest BCUT2D eigenvalue weighted by molar-refractivity contribution is 6.30. The van der Waals surface area contributed by atoms with Gasteiger partial charge in [-0.15, -0.1) is 0 Å². The molecule has 1 atom stereocenters. The number of fused-ring (bicyclic) bond motifs is 1. The first-order chi connectivity index (χ1) is 9.28. The van der Waals surface area contributed by atoms with Gasteiger partial charge in [0.1, 0.15) is 5.75 Å². The Kier molecular flexibility index (Phi) is 3.40. The zero-order valence-electron chi connectivity index (χ0n) is 10.7. The third-order valence-electron chi connectivity index (χ3n) is 3.38. The first-order valence-electron chi connectivity index (χ1n) is 6.32. The van der Waals surface area contributed by atoms with E-state index in [1.807, 2.05) is 25.2 Å². The summed E-state index contributed by atoms with van der Waals surface area (Å²) >= 11 is 5.88. The maximum absolute atomic E-state index is 5.88. The lowest BCUT2D eigenvalue weighted by molar-refractivity contribution is 0.357. The standard InChI is InChI=1S/C15H15ClN2O/c1-17-15(13-4-3-12(16)9-18-13)11-2-5-14-10(8-11)6-7-19-14/h2-5,8-9,15,17H,6-7H2,1H3. The molecule has 1 aliphatic rings. The van der Waals surface area contributed by atoms with Crippen LogP contribution < -0.4 is 10.1 Å². The minimum atomic E-state index is 0.0724. The lowest BCUT2D eigenvalue weighted by Crippen LogP contribution is -2.18. The molecule has 0 amide bonds. The Morgan fingerprint density at radius 1 is 1.32 bits per heavy atom. The van der Waals surface area contributed by atoms with E-state index in [4.69, 9.17) is 16.3 Å². The van der Waals surface area contributed by atoms with Crippen molar-refractivity contribution in [2.24, 2.45) is 0 Å². The molecule has 1 aliphatic heterocycles. The highest BCUT2D eigenvalue weighted by Gasteiger charge is 2.18. The summed E-state index contributed by atoms with van der Waals surface area (Å²) in [5.74, 6) is 1.00. The molecule has 2 heterocycles. The van der Waals surface area contributed by atoms with E-state index < -0.39 is 0 Å². The Balaban J connectivity index is 1.96. The van der Waals surface area contributed by atoms with Gasteiger partial charge in [-0.25, -0.2) is 0 Å². The molecular weight excluding hydrogens is 260 g/mol. The number of aromatic nitrogens is 1. The molecule has 3 rings (SSSR count). The summed E-state index contributed by atoms with van der Waals surface area (Å²) in [4.78, 5) is 4.39. The molecule has 98 valence electrons. The van der Waals surface area contributed by atoms with Crippen molar-refractivity contribution in [1.29, 1.82) is 0 Å². The summed E-state index contributed by atoms with van der Waals surface area (Å²) in [5.41, 5.74) is 3.43. The van der Waals surface area contributed by atoms with Gasteiger partial charge in [0.25, 0.3) is 0 Å². The predicted molar refractivity (Wildman–Crippen MR) is 75.8 cm³/mol. The van der Waals surface area contributed by atoms with Gasteiger partial charge in [-0.1, -0.05) is 23.7 Å². The van der Waals surface area contributed by atoms with Crippen LogP contribution in [0.25, 0.3) is 0 Å². The molecule has 1 aromatic heterocycles. The Morgan fingerprint density at radius 2 is 2.21 bits per heavy atom. The Hall–Kier alpha value is -1.58. The summed E-state index contributed by atoms with van der Waals surface area (Å²) < 4.78 is 5.53. The molecule has 1 N–H and O–H groups in total. The van der Waals surface area contributed by atoms with Crippen LogP contribution in [0.1, 0.15) is 22.9 Å². The van der Waals surface area contributed by atoms with Gasteiger partial charge in [0, 0.05) is 12.6 Å². The number of hydrogen-bond donors (Lipinski definition) is 1. The number of rotatable bonds is 3.